The lowest BCUT2D eigenvalue weighted by molar-refractivity contribution is 0.226. The van der Waals surface area contributed by atoms with Crippen molar-refractivity contribution in [3.8, 4) is 0 Å². The van der Waals surface area contributed by atoms with E-state index in [1.165, 1.54) is 5.56 Å². The molecule has 0 bridgehead atoms. The van der Waals surface area contributed by atoms with E-state index >= 15 is 0 Å². The minimum Gasteiger partial charge on any atom is -0.399 e. The van der Waals surface area contributed by atoms with Gasteiger partial charge in [-0.25, -0.2) is 0 Å². The summed E-state index contributed by atoms with van der Waals surface area (Å²) in [5, 5.41) is 9.72. The predicted molar refractivity (Wildman–Crippen MR) is 62.6 cm³/mol. The van der Waals surface area contributed by atoms with Gasteiger partial charge in [0.25, 0.3) is 0 Å². The summed E-state index contributed by atoms with van der Waals surface area (Å²) in [7, 11) is 0. The molecule has 1 aromatic carbocycles. The Balaban J connectivity index is 2.46. The zero-order chi connectivity index (χ0) is 10.8. The van der Waals surface area contributed by atoms with E-state index in [9.17, 15) is 5.11 Å². The van der Waals surface area contributed by atoms with Gasteiger partial charge in [0.2, 0.25) is 0 Å². The number of nitrogens with two attached hydrogens (primary N) is 1. The molecule has 0 radical (unpaired) electrons. The number of hydrogen-bond donors (Lipinski definition) is 2. The second kappa shape index (κ2) is 4.03. The first kappa shape index (κ1) is 10.2. The lowest BCUT2D eigenvalue weighted by Gasteiger charge is -2.16. The van der Waals surface area contributed by atoms with Gasteiger partial charge < -0.3 is 10.8 Å². The van der Waals surface area contributed by atoms with Gasteiger partial charge in [-0.2, -0.15) is 0 Å². The van der Waals surface area contributed by atoms with E-state index in [-0.39, 0.29) is 0 Å². The molecule has 80 valence electrons. The van der Waals surface area contributed by atoms with E-state index in [0.29, 0.717) is 0 Å². The van der Waals surface area contributed by atoms with Crippen LogP contribution in [0.15, 0.2) is 23.2 Å². The maximum Gasteiger partial charge on any atom is 0.0918 e. The molecule has 3 nitrogen and oxygen atoms in total. The molecule has 1 atom stereocenters. The first-order valence-electron chi connectivity index (χ1n) is 5.28. The molecule has 0 saturated heterocycles. The summed E-state index contributed by atoms with van der Waals surface area (Å²) in [4.78, 5) is 4.43. The van der Waals surface area contributed by atoms with Gasteiger partial charge in [0, 0.05) is 11.4 Å². The molecule has 0 aromatic heterocycles. The third-order valence-corrected chi connectivity index (χ3v) is 2.81. The summed E-state index contributed by atoms with van der Waals surface area (Å²) >= 11 is 0. The first-order valence-corrected chi connectivity index (χ1v) is 5.28. The molecular formula is C12H16N2O. The highest BCUT2D eigenvalue weighted by Gasteiger charge is 2.13. The van der Waals surface area contributed by atoms with Crippen LogP contribution < -0.4 is 5.73 Å². The normalized spacial score (nSPS) is 24.7. The molecule has 15 heavy (non-hydrogen) atoms. The highest BCUT2D eigenvalue weighted by atomic mass is 16.3. The van der Waals surface area contributed by atoms with Crippen LogP contribution in [0.5, 0.6) is 0 Å². The van der Waals surface area contributed by atoms with Crippen molar-refractivity contribution in [3.05, 3.63) is 23.8 Å². The summed E-state index contributed by atoms with van der Waals surface area (Å²) in [6.07, 6.45) is 2.34. The SMILES string of the molecule is C/C1=N\c2cc(N)ccc2CCCC1O. The van der Waals surface area contributed by atoms with Gasteiger partial charge in [0.15, 0.2) is 0 Å². The number of aryl methyl sites for hydroxylation is 1. The average Bonchev–Trinajstić information content (AvgIpc) is 2.19. The van der Waals surface area contributed by atoms with Crippen molar-refractivity contribution in [3.63, 3.8) is 0 Å². The van der Waals surface area contributed by atoms with Crippen LogP contribution in [0.1, 0.15) is 25.3 Å². The third-order valence-electron chi connectivity index (χ3n) is 2.81. The topological polar surface area (TPSA) is 58.6 Å². The summed E-state index contributed by atoms with van der Waals surface area (Å²) in [5.41, 5.74) is 9.35. The molecule has 3 heteroatoms. The molecular weight excluding hydrogens is 188 g/mol. The number of nitrogens with zero attached hydrogens (tertiary/aromatic N) is 1. The predicted octanol–water partition coefficient (Wildman–Crippen LogP) is 2.06. The Kier molecular flexibility index (Phi) is 2.73. The minimum absolute atomic E-state index is 0.403. The van der Waals surface area contributed by atoms with Crippen molar-refractivity contribution in [1.29, 1.82) is 0 Å². The highest BCUT2D eigenvalue weighted by Crippen LogP contribution is 2.26. The standard InChI is InChI=1S/C12H16N2O/c1-8-12(15)4-2-3-9-5-6-10(13)7-11(9)14-8/h5-7,12,15H,2-4,13H2,1H3/b14-8+. The van der Waals surface area contributed by atoms with Crippen LogP contribution in [0, 0.1) is 0 Å². The number of hydrogen-bond acceptors (Lipinski definition) is 3. The van der Waals surface area contributed by atoms with E-state index in [2.05, 4.69) is 4.99 Å². The molecule has 0 amide bonds. The number of nitrogen functional groups attached to an aromatic ring is 1. The van der Waals surface area contributed by atoms with Crippen LogP contribution in [-0.2, 0) is 6.42 Å². The van der Waals surface area contributed by atoms with E-state index in [0.717, 1.165) is 36.3 Å². The van der Waals surface area contributed by atoms with E-state index in [4.69, 9.17) is 5.73 Å². The van der Waals surface area contributed by atoms with Crippen molar-refractivity contribution < 1.29 is 5.11 Å². The van der Waals surface area contributed by atoms with Crippen LogP contribution in [0.3, 0.4) is 0 Å². The minimum atomic E-state index is -0.403. The van der Waals surface area contributed by atoms with Crippen LogP contribution in [0.4, 0.5) is 11.4 Å². The van der Waals surface area contributed by atoms with Crippen LogP contribution >= 0.6 is 0 Å². The molecule has 1 unspecified atom stereocenters. The summed E-state index contributed by atoms with van der Waals surface area (Å²) in [6.45, 7) is 1.86. The maximum atomic E-state index is 9.72. The second-order valence-corrected chi connectivity index (χ2v) is 4.05. The zero-order valence-electron chi connectivity index (χ0n) is 8.90. The lowest BCUT2D eigenvalue weighted by atomic mass is 10.00. The Morgan fingerprint density at radius 1 is 1.47 bits per heavy atom. The highest BCUT2D eigenvalue weighted by molar-refractivity contribution is 5.89. The van der Waals surface area contributed by atoms with Crippen molar-refractivity contribution in [2.24, 2.45) is 4.99 Å². The first-order chi connectivity index (χ1) is 7.16. The fourth-order valence-corrected chi connectivity index (χ4v) is 1.86. The fourth-order valence-electron chi connectivity index (χ4n) is 1.86. The van der Waals surface area contributed by atoms with Crippen molar-refractivity contribution in [2.75, 3.05) is 5.73 Å². The molecule has 3 N–H and O–H groups in total. The Bertz CT molecular complexity index is 399. The zero-order valence-corrected chi connectivity index (χ0v) is 8.90. The Morgan fingerprint density at radius 3 is 3.07 bits per heavy atom. The molecule has 0 aliphatic carbocycles. The Labute approximate surface area is 89.6 Å². The number of benzene rings is 1. The Hall–Kier alpha value is -1.35. The fraction of sp³-hybridized carbons (Fsp3) is 0.417. The average molecular weight is 204 g/mol. The number of rotatable bonds is 0. The van der Waals surface area contributed by atoms with Crippen LogP contribution in [-0.4, -0.2) is 16.9 Å². The van der Waals surface area contributed by atoms with E-state index < -0.39 is 6.10 Å². The monoisotopic (exact) mass is 204 g/mol. The van der Waals surface area contributed by atoms with Gasteiger partial charge >= 0.3 is 0 Å². The van der Waals surface area contributed by atoms with Gasteiger partial charge in [-0.15, -0.1) is 0 Å². The van der Waals surface area contributed by atoms with Crippen molar-refractivity contribution in [2.45, 2.75) is 32.3 Å². The van der Waals surface area contributed by atoms with Crippen LogP contribution in [0.25, 0.3) is 0 Å². The van der Waals surface area contributed by atoms with Gasteiger partial charge in [-0.3, -0.25) is 4.99 Å². The quantitative estimate of drug-likeness (QED) is 0.635. The number of anilines is 1. The van der Waals surface area contributed by atoms with Gasteiger partial charge in [0.05, 0.1) is 11.8 Å². The number of aliphatic imine (C=N–C) groups is 1. The van der Waals surface area contributed by atoms with Gasteiger partial charge in [-0.05, 0) is 43.9 Å². The maximum absolute atomic E-state index is 9.72. The summed E-state index contributed by atoms with van der Waals surface area (Å²) in [5.74, 6) is 0. The molecule has 2 rings (SSSR count). The van der Waals surface area contributed by atoms with Crippen molar-refractivity contribution >= 4 is 17.1 Å². The largest absolute Gasteiger partial charge is 0.399 e. The smallest absolute Gasteiger partial charge is 0.0918 e. The van der Waals surface area contributed by atoms with E-state index in [1.807, 2.05) is 25.1 Å². The van der Waals surface area contributed by atoms with Crippen molar-refractivity contribution in [1.82, 2.24) is 0 Å². The molecule has 0 saturated carbocycles. The molecule has 1 aliphatic rings. The molecule has 1 aliphatic heterocycles. The number of fused-ring (bicyclic) bond motifs is 1. The molecule has 0 spiro atoms. The molecule has 0 fully saturated rings. The summed E-state index contributed by atoms with van der Waals surface area (Å²) in [6, 6.07) is 5.80. The lowest BCUT2D eigenvalue weighted by Crippen LogP contribution is -2.18. The number of aliphatic hydroxyl groups excluding tert-OH is 1. The Morgan fingerprint density at radius 2 is 2.27 bits per heavy atom. The summed E-state index contributed by atoms with van der Waals surface area (Å²) < 4.78 is 0. The van der Waals surface area contributed by atoms with Gasteiger partial charge in [0.1, 0.15) is 0 Å². The molecule has 1 heterocycles. The third kappa shape index (κ3) is 2.18. The second-order valence-electron chi connectivity index (χ2n) is 4.05. The van der Waals surface area contributed by atoms with E-state index in [1.54, 1.807) is 0 Å². The number of aliphatic hydroxyl groups is 1. The van der Waals surface area contributed by atoms with Crippen LogP contribution in [0.2, 0.25) is 0 Å². The molecule has 1 aromatic rings. The van der Waals surface area contributed by atoms with Gasteiger partial charge in [-0.1, -0.05) is 6.07 Å².